The predicted octanol–water partition coefficient (Wildman–Crippen LogP) is 2.60. The summed E-state index contributed by atoms with van der Waals surface area (Å²) in [5, 5.41) is 0. The van der Waals surface area contributed by atoms with Crippen LogP contribution in [0.25, 0.3) is 6.08 Å². The molecular weight excluding hydrogens is 226 g/mol. The van der Waals surface area contributed by atoms with Gasteiger partial charge in [-0.25, -0.2) is 4.98 Å². The number of aromatic amines is 1. The summed E-state index contributed by atoms with van der Waals surface area (Å²) in [6.07, 6.45) is 6.66. The van der Waals surface area contributed by atoms with Crippen molar-refractivity contribution in [2.24, 2.45) is 5.92 Å². The highest BCUT2D eigenvalue weighted by Gasteiger charge is 2.20. The van der Waals surface area contributed by atoms with E-state index < -0.39 is 0 Å². The summed E-state index contributed by atoms with van der Waals surface area (Å²) in [5.74, 6) is 2.52. The molecule has 1 atom stereocenters. The first kappa shape index (κ1) is 10.9. The van der Waals surface area contributed by atoms with Gasteiger partial charge in [-0.3, -0.25) is 0 Å². The molecule has 0 saturated heterocycles. The molecule has 0 amide bonds. The highest BCUT2D eigenvalue weighted by molar-refractivity contribution is 5.58. The van der Waals surface area contributed by atoms with Crippen LogP contribution in [-0.2, 0) is 6.42 Å². The number of hydrogen-bond donors (Lipinski definition) is 2. The number of hydrogen-bond acceptors (Lipinski definition) is 3. The van der Waals surface area contributed by atoms with Gasteiger partial charge in [0.05, 0.1) is 0 Å². The molecule has 4 heteroatoms. The molecule has 1 unspecified atom stereocenters. The smallest absolute Gasteiger partial charge is 0.132 e. The van der Waals surface area contributed by atoms with Crippen molar-refractivity contribution in [3.63, 3.8) is 0 Å². The Labute approximate surface area is 106 Å². The molecule has 2 aromatic heterocycles. The number of ether oxygens (including phenoxy) is 1. The molecule has 3 N–H and O–H groups in total. The maximum absolute atomic E-state index is 5.90. The zero-order valence-electron chi connectivity index (χ0n) is 10.2. The second kappa shape index (κ2) is 4.22. The summed E-state index contributed by atoms with van der Waals surface area (Å²) >= 11 is 0. The number of nitrogens with one attached hydrogen (secondary N) is 1. The third kappa shape index (κ3) is 1.97. The van der Waals surface area contributed by atoms with Gasteiger partial charge in [0.2, 0.25) is 0 Å². The van der Waals surface area contributed by atoms with Crippen LogP contribution in [0.5, 0.6) is 5.75 Å². The number of nitrogens with zero attached hydrogens (tertiary/aromatic N) is 1. The maximum atomic E-state index is 5.90. The highest BCUT2D eigenvalue weighted by atomic mass is 16.5. The normalized spacial score (nSPS) is 18.1. The fourth-order valence-electron chi connectivity index (χ4n) is 2.19. The average molecular weight is 241 g/mol. The first-order chi connectivity index (χ1) is 8.72. The number of anilines is 1. The Hall–Kier alpha value is -2.23. The summed E-state index contributed by atoms with van der Waals surface area (Å²) in [5.41, 5.74) is 8.11. The number of fused-ring (bicyclic) bond motifs is 1. The van der Waals surface area contributed by atoms with Crippen LogP contribution in [0.3, 0.4) is 0 Å². The largest absolute Gasteiger partial charge is 0.461 e. The zero-order valence-corrected chi connectivity index (χ0v) is 10.2. The summed E-state index contributed by atoms with van der Waals surface area (Å²) in [6, 6.07) is 5.61. The number of nitrogens with two attached hydrogens (primary N) is 1. The number of allylic oxidation sites excluding steroid dienone is 1. The maximum Gasteiger partial charge on any atom is 0.132 e. The van der Waals surface area contributed by atoms with Crippen molar-refractivity contribution in [2.75, 3.05) is 5.73 Å². The zero-order chi connectivity index (χ0) is 12.5. The van der Waals surface area contributed by atoms with Crippen molar-refractivity contribution in [2.45, 2.75) is 13.3 Å². The van der Waals surface area contributed by atoms with Gasteiger partial charge in [0.15, 0.2) is 0 Å². The Balaban J connectivity index is 1.89. The SMILES string of the molecule is CC1Cc2[nH]ccc2C=C1Oc1ccnc(N)c1. The molecular formula is C14H15N3O. The molecule has 0 saturated carbocycles. The Morgan fingerprint density at radius 3 is 3.17 bits per heavy atom. The Bertz CT molecular complexity index is 601. The minimum absolute atomic E-state index is 0.352. The van der Waals surface area contributed by atoms with Gasteiger partial charge in [0, 0.05) is 30.1 Å². The lowest BCUT2D eigenvalue weighted by atomic mass is 9.94. The quantitative estimate of drug-likeness (QED) is 0.849. The van der Waals surface area contributed by atoms with E-state index >= 15 is 0 Å². The number of H-pyrrole nitrogens is 1. The molecule has 0 aliphatic heterocycles. The first-order valence-electron chi connectivity index (χ1n) is 5.99. The van der Waals surface area contributed by atoms with Crippen molar-refractivity contribution in [3.8, 4) is 5.75 Å². The molecule has 92 valence electrons. The van der Waals surface area contributed by atoms with Gasteiger partial charge in [0.25, 0.3) is 0 Å². The van der Waals surface area contributed by atoms with Gasteiger partial charge in [0.1, 0.15) is 17.3 Å². The first-order valence-corrected chi connectivity index (χ1v) is 5.99. The molecule has 2 aromatic rings. The van der Waals surface area contributed by atoms with Gasteiger partial charge >= 0.3 is 0 Å². The monoisotopic (exact) mass is 241 g/mol. The fourth-order valence-corrected chi connectivity index (χ4v) is 2.19. The van der Waals surface area contributed by atoms with Crippen molar-refractivity contribution < 1.29 is 4.74 Å². The lowest BCUT2D eigenvalue weighted by Gasteiger charge is -2.21. The third-order valence-corrected chi connectivity index (χ3v) is 3.15. The molecule has 0 spiro atoms. The minimum atomic E-state index is 0.352. The van der Waals surface area contributed by atoms with Gasteiger partial charge in [-0.1, -0.05) is 6.92 Å². The molecule has 1 aliphatic carbocycles. The number of aromatic nitrogens is 2. The number of rotatable bonds is 2. The van der Waals surface area contributed by atoms with Crippen LogP contribution in [0.4, 0.5) is 5.82 Å². The second-order valence-corrected chi connectivity index (χ2v) is 4.58. The van der Waals surface area contributed by atoms with E-state index in [9.17, 15) is 0 Å². The molecule has 0 aromatic carbocycles. The van der Waals surface area contributed by atoms with E-state index in [-0.39, 0.29) is 0 Å². The van der Waals surface area contributed by atoms with Crippen molar-refractivity contribution >= 4 is 11.9 Å². The van der Waals surface area contributed by atoms with Crippen molar-refractivity contribution in [1.29, 1.82) is 0 Å². The molecule has 0 bridgehead atoms. The molecule has 2 heterocycles. The van der Waals surface area contributed by atoms with Crippen LogP contribution >= 0.6 is 0 Å². The van der Waals surface area contributed by atoms with Gasteiger partial charge in [-0.2, -0.15) is 0 Å². The van der Waals surface area contributed by atoms with E-state index in [4.69, 9.17) is 10.5 Å². The van der Waals surface area contributed by atoms with Crippen LogP contribution in [0.1, 0.15) is 18.2 Å². The Morgan fingerprint density at radius 1 is 1.44 bits per heavy atom. The van der Waals surface area contributed by atoms with Crippen LogP contribution in [0.15, 0.2) is 36.4 Å². The van der Waals surface area contributed by atoms with Gasteiger partial charge in [-0.05, 0) is 30.2 Å². The van der Waals surface area contributed by atoms with Crippen LogP contribution in [-0.4, -0.2) is 9.97 Å². The van der Waals surface area contributed by atoms with Crippen molar-refractivity contribution in [3.05, 3.63) is 47.6 Å². The number of pyridine rings is 1. The lowest BCUT2D eigenvalue weighted by Crippen LogP contribution is -2.14. The fraction of sp³-hybridized carbons (Fsp3) is 0.214. The van der Waals surface area contributed by atoms with Crippen LogP contribution in [0.2, 0.25) is 0 Å². The molecule has 18 heavy (non-hydrogen) atoms. The van der Waals surface area contributed by atoms with E-state index in [1.807, 2.05) is 12.3 Å². The summed E-state index contributed by atoms with van der Waals surface area (Å²) in [6.45, 7) is 2.15. The van der Waals surface area contributed by atoms with E-state index in [0.29, 0.717) is 11.7 Å². The topological polar surface area (TPSA) is 63.9 Å². The summed E-state index contributed by atoms with van der Waals surface area (Å²) in [7, 11) is 0. The highest BCUT2D eigenvalue weighted by Crippen LogP contribution is 2.29. The summed E-state index contributed by atoms with van der Waals surface area (Å²) < 4.78 is 5.90. The van der Waals surface area contributed by atoms with E-state index in [1.54, 1.807) is 12.3 Å². The molecule has 1 aliphatic rings. The second-order valence-electron chi connectivity index (χ2n) is 4.58. The lowest BCUT2D eigenvalue weighted by molar-refractivity contribution is 0.357. The van der Waals surface area contributed by atoms with Gasteiger partial charge in [-0.15, -0.1) is 0 Å². The summed E-state index contributed by atoms with van der Waals surface area (Å²) in [4.78, 5) is 7.20. The Kier molecular flexibility index (Phi) is 2.55. The predicted molar refractivity (Wildman–Crippen MR) is 70.9 cm³/mol. The average Bonchev–Trinajstić information content (AvgIpc) is 2.76. The van der Waals surface area contributed by atoms with Crippen molar-refractivity contribution in [1.82, 2.24) is 9.97 Å². The van der Waals surface area contributed by atoms with Crippen LogP contribution < -0.4 is 10.5 Å². The number of nitrogen functional groups attached to an aromatic ring is 1. The molecule has 0 radical (unpaired) electrons. The van der Waals surface area contributed by atoms with Crippen LogP contribution in [0, 0.1) is 5.92 Å². The Morgan fingerprint density at radius 2 is 2.33 bits per heavy atom. The van der Waals surface area contributed by atoms with E-state index in [2.05, 4.69) is 29.0 Å². The van der Waals surface area contributed by atoms with E-state index in [1.165, 1.54) is 11.3 Å². The molecule has 3 rings (SSSR count). The third-order valence-electron chi connectivity index (χ3n) is 3.15. The molecule has 0 fully saturated rings. The molecule has 4 nitrogen and oxygen atoms in total. The van der Waals surface area contributed by atoms with E-state index in [0.717, 1.165) is 17.9 Å². The minimum Gasteiger partial charge on any atom is -0.461 e. The van der Waals surface area contributed by atoms with Gasteiger partial charge < -0.3 is 15.5 Å². The standard InChI is InChI=1S/C14H15N3O/c1-9-6-12-10(2-4-16-12)7-13(9)18-11-3-5-17-14(15)8-11/h2-5,7-9,16H,6H2,1H3,(H2,15,17).